The second-order valence-corrected chi connectivity index (χ2v) is 7.43. The maximum Gasteiger partial charge on any atom is 0.244 e. The highest BCUT2D eigenvalue weighted by atomic mass is 35.5. The molecule has 0 saturated heterocycles. The average Bonchev–Trinajstić information content (AvgIpc) is 2.85. The number of anilines is 2. The number of rotatable bonds is 4. The van der Waals surface area contributed by atoms with Crippen LogP contribution in [0.3, 0.4) is 0 Å². The smallest absolute Gasteiger partial charge is 0.244 e. The number of halogens is 1. The first-order chi connectivity index (χ1) is 14.5. The van der Waals surface area contributed by atoms with E-state index in [1.54, 1.807) is 30.5 Å². The van der Waals surface area contributed by atoms with Gasteiger partial charge in [-0.1, -0.05) is 35.9 Å². The highest BCUT2D eigenvalue weighted by Crippen LogP contribution is 2.31. The van der Waals surface area contributed by atoms with Crippen LogP contribution in [0.15, 0.2) is 71.9 Å². The molecule has 0 atom stereocenters. The molecule has 7 heteroatoms. The summed E-state index contributed by atoms with van der Waals surface area (Å²) in [6, 6.07) is 18.2. The van der Waals surface area contributed by atoms with Gasteiger partial charge in [-0.05, 0) is 54.4 Å². The summed E-state index contributed by atoms with van der Waals surface area (Å²) in [6.45, 7) is 1.79. The van der Waals surface area contributed by atoms with Gasteiger partial charge in [-0.2, -0.15) is 0 Å². The number of aromatic nitrogens is 1. The normalized spacial score (nSPS) is 13.3. The van der Waals surface area contributed by atoms with Gasteiger partial charge in [0.15, 0.2) is 5.82 Å². The van der Waals surface area contributed by atoms with Crippen LogP contribution >= 0.6 is 11.6 Å². The highest BCUT2D eigenvalue weighted by molar-refractivity contribution is 6.31. The Balaban J connectivity index is 1.62. The molecule has 0 spiro atoms. The van der Waals surface area contributed by atoms with E-state index in [2.05, 4.69) is 15.3 Å². The first-order valence-electron chi connectivity index (χ1n) is 9.45. The van der Waals surface area contributed by atoms with Crippen LogP contribution in [0.25, 0.3) is 0 Å². The van der Waals surface area contributed by atoms with Crippen molar-refractivity contribution in [1.82, 2.24) is 4.98 Å². The van der Waals surface area contributed by atoms with Crippen LogP contribution in [0, 0.1) is 6.92 Å². The molecule has 2 amide bonds. The van der Waals surface area contributed by atoms with E-state index < -0.39 is 0 Å². The summed E-state index contributed by atoms with van der Waals surface area (Å²) in [7, 11) is 0. The van der Waals surface area contributed by atoms with Gasteiger partial charge in [-0.3, -0.25) is 14.5 Å². The molecule has 6 nitrogen and oxygen atoms in total. The van der Waals surface area contributed by atoms with Crippen LogP contribution < -0.4 is 10.2 Å². The summed E-state index contributed by atoms with van der Waals surface area (Å²) >= 11 is 6.11. The van der Waals surface area contributed by atoms with E-state index in [4.69, 9.17) is 11.6 Å². The summed E-state index contributed by atoms with van der Waals surface area (Å²) in [5, 5.41) is 3.40. The van der Waals surface area contributed by atoms with E-state index in [-0.39, 0.29) is 24.8 Å². The monoisotopic (exact) mass is 418 g/mol. The van der Waals surface area contributed by atoms with Gasteiger partial charge in [-0.25, -0.2) is 9.98 Å². The van der Waals surface area contributed by atoms with Crippen molar-refractivity contribution in [1.29, 1.82) is 0 Å². The molecule has 30 heavy (non-hydrogen) atoms. The summed E-state index contributed by atoms with van der Waals surface area (Å²) < 4.78 is 0. The average molecular weight is 419 g/mol. The number of aliphatic imine (C=N–C) groups is 1. The zero-order valence-corrected chi connectivity index (χ0v) is 17.1. The summed E-state index contributed by atoms with van der Waals surface area (Å²) in [5.41, 5.74) is 3.58. The predicted octanol–water partition coefficient (Wildman–Crippen LogP) is 4.54. The largest absolute Gasteiger partial charge is 0.325 e. The van der Waals surface area contributed by atoms with Gasteiger partial charge in [0.25, 0.3) is 0 Å². The Kier molecular flexibility index (Phi) is 5.59. The molecule has 0 saturated carbocycles. The zero-order chi connectivity index (χ0) is 21.1. The van der Waals surface area contributed by atoms with E-state index in [0.29, 0.717) is 27.9 Å². The number of hydrogen-bond donors (Lipinski definition) is 1. The van der Waals surface area contributed by atoms with Gasteiger partial charge in [0.2, 0.25) is 11.8 Å². The Labute approximate surface area is 179 Å². The SMILES string of the molecule is Cc1cccc(NC(=O)CN2C(=O)CC(c3cccc(Cl)c3)=Nc3cccnc32)c1. The standard InChI is InChI=1S/C23H19ClN4O2/c1-15-5-2-8-18(11-15)26-21(29)14-28-22(30)13-20(16-6-3-7-17(24)12-16)27-19-9-4-10-25-23(19)28/h2-12H,13-14H2,1H3,(H,26,29). The fraction of sp³-hybridized carbons (Fsp3) is 0.130. The van der Waals surface area contributed by atoms with Gasteiger partial charge >= 0.3 is 0 Å². The second kappa shape index (κ2) is 8.47. The third kappa shape index (κ3) is 4.39. The molecule has 0 fully saturated rings. The molecule has 0 radical (unpaired) electrons. The van der Waals surface area contributed by atoms with Crippen LogP contribution in [-0.2, 0) is 9.59 Å². The number of fused-ring (bicyclic) bond motifs is 1. The van der Waals surface area contributed by atoms with Crippen molar-refractivity contribution in [2.24, 2.45) is 4.99 Å². The minimum absolute atomic E-state index is 0.0361. The molecule has 4 rings (SSSR count). The molecule has 3 aromatic rings. The van der Waals surface area contributed by atoms with Crippen molar-refractivity contribution in [3.8, 4) is 0 Å². The van der Waals surface area contributed by atoms with E-state index in [9.17, 15) is 9.59 Å². The number of benzene rings is 2. The summed E-state index contributed by atoms with van der Waals surface area (Å²) in [6.07, 6.45) is 1.62. The lowest BCUT2D eigenvalue weighted by Gasteiger charge is -2.20. The Morgan fingerprint density at radius 2 is 1.97 bits per heavy atom. The molecular formula is C23H19ClN4O2. The topological polar surface area (TPSA) is 74.7 Å². The van der Waals surface area contributed by atoms with Crippen molar-refractivity contribution >= 4 is 46.3 Å². The van der Waals surface area contributed by atoms with Gasteiger partial charge in [-0.15, -0.1) is 0 Å². The van der Waals surface area contributed by atoms with E-state index in [0.717, 1.165) is 11.1 Å². The molecular weight excluding hydrogens is 400 g/mol. The number of nitrogens with one attached hydrogen (secondary N) is 1. The number of carbonyl (C=O) groups is 2. The molecule has 0 aliphatic carbocycles. The number of hydrogen-bond acceptors (Lipinski definition) is 4. The van der Waals surface area contributed by atoms with Crippen molar-refractivity contribution < 1.29 is 9.59 Å². The Hall–Kier alpha value is -3.51. The lowest BCUT2D eigenvalue weighted by atomic mass is 10.1. The summed E-state index contributed by atoms with van der Waals surface area (Å²) in [4.78, 5) is 36.1. The van der Waals surface area contributed by atoms with Crippen LogP contribution in [0.2, 0.25) is 5.02 Å². The van der Waals surface area contributed by atoms with Crippen LogP contribution in [-0.4, -0.2) is 29.1 Å². The molecule has 0 bridgehead atoms. The van der Waals surface area contributed by atoms with Gasteiger partial charge in [0, 0.05) is 16.9 Å². The number of carbonyl (C=O) groups excluding carboxylic acids is 2. The molecule has 1 aliphatic rings. The molecule has 150 valence electrons. The molecule has 2 aromatic carbocycles. The fourth-order valence-electron chi connectivity index (χ4n) is 3.29. The van der Waals surface area contributed by atoms with Crippen molar-refractivity contribution in [2.45, 2.75) is 13.3 Å². The maximum atomic E-state index is 13.1. The minimum atomic E-state index is -0.309. The van der Waals surface area contributed by atoms with E-state index >= 15 is 0 Å². The van der Waals surface area contributed by atoms with Gasteiger partial charge in [0.05, 0.1) is 12.1 Å². The second-order valence-electron chi connectivity index (χ2n) is 6.99. The number of aryl methyl sites for hydroxylation is 1. The van der Waals surface area contributed by atoms with Crippen LogP contribution in [0.1, 0.15) is 17.5 Å². The van der Waals surface area contributed by atoms with Crippen molar-refractivity contribution in [3.05, 3.63) is 83.0 Å². The first-order valence-corrected chi connectivity index (χ1v) is 9.83. The van der Waals surface area contributed by atoms with Gasteiger partial charge in [0.1, 0.15) is 12.2 Å². The highest BCUT2D eigenvalue weighted by Gasteiger charge is 2.27. The summed E-state index contributed by atoms with van der Waals surface area (Å²) in [5.74, 6) is -0.207. The van der Waals surface area contributed by atoms with Crippen molar-refractivity contribution in [3.63, 3.8) is 0 Å². The van der Waals surface area contributed by atoms with E-state index in [1.807, 2.05) is 43.3 Å². The molecule has 1 aliphatic heterocycles. The maximum absolute atomic E-state index is 13.1. The zero-order valence-electron chi connectivity index (χ0n) is 16.3. The molecule has 1 N–H and O–H groups in total. The van der Waals surface area contributed by atoms with Crippen LogP contribution in [0.4, 0.5) is 17.2 Å². The number of nitrogens with zero attached hydrogens (tertiary/aromatic N) is 3. The first kappa shape index (κ1) is 19.8. The lowest BCUT2D eigenvalue weighted by molar-refractivity contribution is -0.120. The molecule has 0 unspecified atom stereocenters. The molecule has 1 aromatic heterocycles. The van der Waals surface area contributed by atoms with Gasteiger partial charge < -0.3 is 5.32 Å². The minimum Gasteiger partial charge on any atom is -0.325 e. The third-order valence-corrected chi connectivity index (χ3v) is 4.89. The van der Waals surface area contributed by atoms with Crippen LogP contribution in [0.5, 0.6) is 0 Å². The Morgan fingerprint density at radius 1 is 1.13 bits per heavy atom. The van der Waals surface area contributed by atoms with E-state index in [1.165, 1.54) is 4.90 Å². The number of pyridine rings is 1. The Bertz CT molecular complexity index is 1160. The third-order valence-electron chi connectivity index (χ3n) is 4.66. The van der Waals surface area contributed by atoms with Crippen molar-refractivity contribution in [2.75, 3.05) is 16.8 Å². The molecule has 2 heterocycles. The number of amides is 2. The predicted molar refractivity (Wildman–Crippen MR) is 119 cm³/mol. The lowest BCUT2D eigenvalue weighted by Crippen LogP contribution is -2.39. The Morgan fingerprint density at radius 3 is 2.77 bits per heavy atom. The quantitative estimate of drug-likeness (QED) is 0.675. The fourth-order valence-corrected chi connectivity index (χ4v) is 3.48.